The van der Waals surface area contributed by atoms with Crippen LogP contribution in [0.4, 0.5) is 0 Å². The van der Waals surface area contributed by atoms with Crippen molar-refractivity contribution in [3.63, 3.8) is 0 Å². The first-order valence-corrected chi connectivity index (χ1v) is 8.64. The van der Waals surface area contributed by atoms with Gasteiger partial charge in [0.05, 0.1) is 11.7 Å². The van der Waals surface area contributed by atoms with E-state index in [4.69, 9.17) is 0 Å². The molecule has 1 N–H and O–H groups in total. The zero-order chi connectivity index (χ0) is 15.6. The van der Waals surface area contributed by atoms with Crippen LogP contribution in [0.25, 0.3) is 0 Å². The van der Waals surface area contributed by atoms with E-state index in [9.17, 15) is 4.79 Å². The van der Waals surface area contributed by atoms with Crippen molar-refractivity contribution in [2.45, 2.75) is 77.0 Å². The molecule has 1 heterocycles. The van der Waals surface area contributed by atoms with E-state index in [1.807, 2.05) is 0 Å². The molecule has 0 radical (unpaired) electrons. The third-order valence-electron chi connectivity index (χ3n) is 5.50. The van der Waals surface area contributed by atoms with Crippen molar-refractivity contribution >= 4 is 5.91 Å². The van der Waals surface area contributed by atoms with Gasteiger partial charge in [-0.1, -0.05) is 19.8 Å². The van der Waals surface area contributed by atoms with Crippen LogP contribution in [0.5, 0.6) is 0 Å². The minimum Gasteiger partial charge on any atom is -0.323 e. The molecule has 4 nitrogen and oxygen atoms in total. The fourth-order valence-corrected chi connectivity index (χ4v) is 3.80. The summed E-state index contributed by atoms with van der Waals surface area (Å²) in [5.74, 6) is 0.956. The first-order chi connectivity index (χ1) is 9.89. The molecule has 0 spiro atoms. The maximum absolute atomic E-state index is 13.0. The van der Waals surface area contributed by atoms with Crippen LogP contribution >= 0.6 is 0 Å². The van der Waals surface area contributed by atoms with Crippen molar-refractivity contribution in [1.82, 2.24) is 15.1 Å². The van der Waals surface area contributed by atoms with Gasteiger partial charge < -0.3 is 9.80 Å². The first kappa shape index (κ1) is 16.8. The Labute approximate surface area is 130 Å². The summed E-state index contributed by atoms with van der Waals surface area (Å²) in [5.41, 5.74) is -0.361. The highest BCUT2D eigenvalue weighted by Crippen LogP contribution is 2.36. The molecule has 2 aliphatic rings. The van der Waals surface area contributed by atoms with E-state index >= 15 is 0 Å². The van der Waals surface area contributed by atoms with Gasteiger partial charge in [0.25, 0.3) is 0 Å². The van der Waals surface area contributed by atoms with Gasteiger partial charge in [0, 0.05) is 6.04 Å². The van der Waals surface area contributed by atoms with Gasteiger partial charge in [-0.2, -0.15) is 0 Å². The lowest BCUT2D eigenvalue weighted by molar-refractivity contribution is -0.135. The summed E-state index contributed by atoms with van der Waals surface area (Å²) >= 11 is 0. The highest BCUT2D eigenvalue weighted by Gasteiger charge is 2.50. The van der Waals surface area contributed by atoms with Gasteiger partial charge in [-0.05, 0) is 66.1 Å². The van der Waals surface area contributed by atoms with E-state index in [-0.39, 0.29) is 11.7 Å². The van der Waals surface area contributed by atoms with Gasteiger partial charge in [-0.3, -0.25) is 10.1 Å². The zero-order valence-electron chi connectivity index (χ0n) is 14.5. The van der Waals surface area contributed by atoms with Gasteiger partial charge in [0.15, 0.2) is 0 Å². The summed E-state index contributed by atoms with van der Waals surface area (Å²) in [6.45, 7) is 7.44. The van der Waals surface area contributed by atoms with E-state index in [1.165, 1.54) is 25.7 Å². The molecule has 0 bridgehead atoms. The van der Waals surface area contributed by atoms with Crippen LogP contribution in [0, 0.1) is 5.92 Å². The SMILES string of the molecule is CCC1(C)NC(C2CCCC2)N(C(C)CCN(C)C)C1=O. The fourth-order valence-electron chi connectivity index (χ4n) is 3.80. The minimum absolute atomic E-state index is 0.252. The van der Waals surface area contributed by atoms with Crippen LogP contribution in [0.1, 0.15) is 59.3 Å². The van der Waals surface area contributed by atoms with Gasteiger partial charge in [-0.15, -0.1) is 0 Å². The van der Waals surface area contributed by atoms with Gasteiger partial charge >= 0.3 is 0 Å². The van der Waals surface area contributed by atoms with E-state index < -0.39 is 0 Å². The molecule has 1 aliphatic carbocycles. The Hall–Kier alpha value is -0.610. The van der Waals surface area contributed by atoms with Gasteiger partial charge in [0.2, 0.25) is 5.91 Å². The zero-order valence-corrected chi connectivity index (χ0v) is 14.5. The molecule has 4 heteroatoms. The summed E-state index contributed by atoms with van der Waals surface area (Å²) in [7, 11) is 4.20. The number of carbonyl (C=O) groups excluding carboxylic acids is 1. The molecule has 2 rings (SSSR count). The van der Waals surface area contributed by atoms with E-state index in [2.05, 4.69) is 50.0 Å². The second-order valence-electron chi connectivity index (χ2n) is 7.47. The number of amides is 1. The Morgan fingerprint density at radius 2 is 2.00 bits per heavy atom. The number of carbonyl (C=O) groups is 1. The van der Waals surface area contributed by atoms with Crippen molar-refractivity contribution in [3.05, 3.63) is 0 Å². The third-order valence-corrected chi connectivity index (χ3v) is 5.50. The van der Waals surface area contributed by atoms with E-state index in [0.29, 0.717) is 17.9 Å². The first-order valence-electron chi connectivity index (χ1n) is 8.64. The average molecular weight is 295 g/mol. The molecule has 1 amide bonds. The summed E-state index contributed by atoms with van der Waals surface area (Å²) in [6, 6.07) is 0.311. The predicted molar refractivity (Wildman–Crippen MR) is 87.1 cm³/mol. The molecule has 3 atom stereocenters. The van der Waals surface area contributed by atoms with Crippen LogP contribution in [0.3, 0.4) is 0 Å². The number of nitrogens with one attached hydrogen (secondary N) is 1. The quantitative estimate of drug-likeness (QED) is 0.817. The van der Waals surface area contributed by atoms with Gasteiger partial charge in [-0.25, -0.2) is 0 Å². The average Bonchev–Trinajstić information content (AvgIpc) is 3.05. The van der Waals surface area contributed by atoms with E-state index in [0.717, 1.165) is 19.4 Å². The molecule has 2 fully saturated rings. The van der Waals surface area contributed by atoms with Crippen molar-refractivity contribution < 1.29 is 4.79 Å². The van der Waals surface area contributed by atoms with Crippen molar-refractivity contribution in [2.24, 2.45) is 5.92 Å². The Morgan fingerprint density at radius 3 is 2.52 bits per heavy atom. The maximum Gasteiger partial charge on any atom is 0.244 e. The lowest BCUT2D eigenvalue weighted by Crippen LogP contribution is -2.47. The van der Waals surface area contributed by atoms with Crippen molar-refractivity contribution in [3.8, 4) is 0 Å². The molecule has 0 aromatic rings. The standard InChI is InChI=1S/C17H33N3O/c1-6-17(3)16(21)20(13(2)11-12-19(4)5)15(18-17)14-9-7-8-10-14/h13-15,18H,6-12H2,1-5H3. The van der Waals surface area contributed by atoms with Crippen molar-refractivity contribution in [1.29, 1.82) is 0 Å². The second kappa shape index (κ2) is 6.66. The molecule has 0 aromatic carbocycles. The molecule has 1 saturated heterocycles. The minimum atomic E-state index is -0.361. The van der Waals surface area contributed by atoms with Crippen molar-refractivity contribution in [2.75, 3.05) is 20.6 Å². The summed E-state index contributed by atoms with van der Waals surface area (Å²) in [6.07, 6.45) is 7.33. The van der Waals surface area contributed by atoms with Crippen LogP contribution in [-0.2, 0) is 4.79 Å². The number of nitrogens with zero attached hydrogens (tertiary/aromatic N) is 2. The van der Waals surface area contributed by atoms with Crippen LogP contribution in [0.15, 0.2) is 0 Å². The highest BCUT2D eigenvalue weighted by molar-refractivity contribution is 5.88. The second-order valence-corrected chi connectivity index (χ2v) is 7.47. The Balaban J connectivity index is 2.14. The van der Waals surface area contributed by atoms with E-state index in [1.54, 1.807) is 0 Å². The normalized spacial score (nSPS) is 32.4. The predicted octanol–water partition coefficient (Wildman–Crippen LogP) is 2.44. The fraction of sp³-hybridized carbons (Fsp3) is 0.941. The molecule has 0 aromatic heterocycles. The van der Waals surface area contributed by atoms with Crippen LogP contribution in [0.2, 0.25) is 0 Å². The molecule has 1 aliphatic heterocycles. The molecule has 122 valence electrons. The maximum atomic E-state index is 13.0. The van der Waals surface area contributed by atoms with Gasteiger partial charge in [0.1, 0.15) is 0 Å². The topological polar surface area (TPSA) is 35.6 Å². The third kappa shape index (κ3) is 3.42. The Kier molecular flexibility index (Phi) is 5.31. The Bertz CT molecular complexity index is 365. The summed E-state index contributed by atoms with van der Waals surface area (Å²) in [5, 5.41) is 3.69. The molecule has 21 heavy (non-hydrogen) atoms. The number of rotatable bonds is 6. The Morgan fingerprint density at radius 1 is 1.38 bits per heavy atom. The molecular formula is C17H33N3O. The molecular weight excluding hydrogens is 262 g/mol. The largest absolute Gasteiger partial charge is 0.323 e. The number of hydrogen-bond donors (Lipinski definition) is 1. The molecule has 3 unspecified atom stereocenters. The summed E-state index contributed by atoms with van der Waals surface area (Å²) < 4.78 is 0. The smallest absolute Gasteiger partial charge is 0.244 e. The lowest BCUT2D eigenvalue weighted by atomic mass is 9.99. The number of hydrogen-bond acceptors (Lipinski definition) is 3. The summed E-state index contributed by atoms with van der Waals surface area (Å²) in [4.78, 5) is 17.3. The lowest BCUT2D eigenvalue weighted by Gasteiger charge is -2.34. The highest BCUT2D eigenvalue weighted by atomic mass is 16.2. The molecule has 1 saturated carbocycles. The monoisotopic (exact) mass is 295 g/mol. The van der Waals surface area contributed by atoms with Crippen LogP contribution in [-0.4, -0.2) is 54.1 Å². The van der Waals surface area contributed by atoms with Crippen LogP contribution < -0.4 is 5.32 Å².